The topological polar surface area (TPSA) is 218 Å². The number of carbonyl (C=O) groups is 1. The Kier molecular flexibility index (Phi) is 26.6. The Morgan fingerprint density at radius 1 is 0.500 bits per heavy atom. The molecule has 2 N–H and O–H groups in total. The molecular weight excluding hydrogens is 1310 g/mol. The van der Waals surface area contributed by atoms with Crippen molar-refractivity contribution in [1.29, 1.82) is 10.5 Å². The van der Waals surface area contributed by atoms with Crippen molar-refractivity contribution in [2.75, 3.05) is 132 Å². The number of hydrogen-bond acceptors (Lipinski definition) is 22. The van der Waals surface area contributed by atoms with E-state index in [0.717, 1.165) is 115 Å². The van der Waals surface area contributed by atoms with Crippen molar-refractivity contribution in [3.8, 4) is 54.5 Å². The Morgan fingerprint density at radius 2 is 0.837 bits per heavy atom. The summed E-state index contributed by atoms with van der Waals surface area (Å²) in [7, 11) is 12.1. The summed E-state index contributed by atoms with van der Waals surface area (Å²) in [5.74, 6) is 7.77. The smallest absolute Gasteiger partial charge is 0.248 e. The number of hydrogen-bond donors (Lipinski definition) is 1. The van der Waals surface area contributed by atoms with Gasteiger partial charge in [0.25, 0.3) is 0 Å². The normalized spacial score (nSPS) is 12.8. The Bertz CT molecular complexity index is 4300. The van der Waals surface area contributed by atoms with Gasteiger partial charge in [0.15, 0.2) is 0 Å². The van der Waals surface area contributed by atoms with Crippen LogP contribution < -0.4 is 44.4 Å². The molecule has 0 radical (unpaired) electrons. The molecule has 0 unspecified atom stereocenters. The second kappa shape index (κ2) is 36.2. The first-order valence-electron chi connectivity index (χ1n) is 31.2. The van der Waals surface area contributed by atoms with Crippen LogP contribution in [0.5, 0.6) is 17.6 Å². The number of nitrogens with two attached hydrogens (primary N) is 1. The first kappa shape index (κ1) is 72.1. The highest BCUT2D eigenvalue weighted by Crippen LogP contribution is 2.38. The maximum atomic E-state index is 11.4. The molecule has 0 aliphatic carbocycles. The molecule has 0 bridgehead atoms. The van der Waals surface area contributed by atoms with Gasteiger partial charge < -0.3 is 44.4 Å². The van der Waals surface area contributed by atoms with Gasteiger partial charge >= 0.3 is 0 Å². The van der Waals surface area contributed by atoms with E-state index in [9.17, 15) is 4.79 Å². The molecule has 5 heterocycles. The maximum absolute atomic E-state index is 11.4. The molecule has 2 saturated heterocycles. The fourth-order valence-electron chi connectivity index (χ4n) is 9.81. The van der Waals surface area contributed by atoms with E-state index in [1.807, 2.05) is 132 Å². The summed E-state index contributed by atoms with van der Waals surface area (Å²) in [6, 6.07) is 50.7. The van der Waals surface area contributed by atoms with E-state index in [4.69, 9.17) is 64.9 Å². The first-order chi connectivity index (χ1) is 47.5. The van der Waals surface area contributed by atoms with Crippen LogP contribution >= 0.6 is 46.9 Å². The first-order valence-corrected chi connectivity index (χ1v) is 34.0. The van der Waals surface area contributed by atoms with Crippen LogP contribution in [0, 0.1) is 47.3 Å². The third kappa shape index (κ3) is 21.4. The molecule has 0 saturated carbocycles. The minimum Gasteiger partial charge on any atom is -0.472 e. The van der Waals surface area contributed by atoms with Crippen molar-refractivity contribution < 1.29 is 19.0 Å². The molecule has 2 aliphatic heterocycles. The average molecular weight is 1380 g/mol. The fourth-order valence-corrected chi connectivity index (χ4v) is 12.4. The van der Waals surface area contributed by atoms with Crippen molar-refractivity contribution in [2.45, 2.75) is 49.2 Å². The summed E-state index contributed by atoms with van der Waals surface area (Å²) in [6.45, 7) is 9.17. The molecule has 9 aromatic rings. The van der Waals surface area contributed by atoms with Gasteiger partial charge in [-0.2, -0.15) is 25.5 Å². The van der Waals surface area contributed by atoms with Gasteiger partial charge in [-0.05, 0) is 137 Å². The number of ether oxygens (including phenoxy) is 3. The van der Waals surface area contributed by atoms with Crippen LogP contribution in [0.3, 0.4) is 0 Å². The van der Waals surface area contributed by atoms with Crippen LogP contribution in [0.25, 0.3) is 0 Å². The molecule has 0 atom stereocenters. The lowest BCUT2D eigenvalue weighted by atomic mass is 10.2. The number of anilines is 5. The van der Waals surface area contributed by atoms with Crippen molar-refractivity contribution in [3.63, 3.8) is 0 Å². The van der Waals surface area contributed by atoms with Crippen LogP contribution in [-0.4, -0.2) is 153 Å². The predicted octanol–water partition coefficient (Wildman–Crippen LogP) is 11.8. The zero-order valence-corrected chi connectivity index (χ0v) is 58.7. The van der Waals surface area contributed by atoms with Gasteiger partial charge in [-0.25, -0.2) is 15.0 Å². The maximum Gasteiger partial charge on any atom is 0.248 e. The lowest BCUT2D eigenvalue weighted by molar-refractivity contribution is 0.1000. The van der Waals surface area contributed by atoms with Crippen molar-refractivity contribution >= 4 is 81.8 Å². The highest BCUT2D eigenvalue weighted by Gasteiger charge is 2.23. The largest absolute Gasteiger partial charge is 0.472 e. The SMILES string of the molecule is C#CCN1CCN(c2ncc(Sc3ccc(C#N)cc3)c(OCc3cccc(N(C)C)c3)n2)CC1.C#CCN1CCN(c2ncc(Sc3ccc(C(N)=O)cc3)c(OCc3cccc(N(C)C)c3)n2)CC1.CN(C)c1cccc(COc2nc(Cl)ncc2Sc2ccc(C#N)cc2)c1. The van der Waals surface area contributed by atoms with Gasteiger partial charge in [0.05, 0.1) is 63.4 Å². The standard InChI is InChI=1S/C27H30N6O2S.C27H28N6OS.C20H17ClN4OS/c1-4-12-32-13-15-33(16-14-32)27-29-18-24(36-23-10-8-21(9-11-23)25(28)34)26(30-27)35-19-20-6-5-7-22(17-20)31(2)3;1-4-12-32-13-15-33(16-14-32)27-29-19-25(35-24-10-8-21(18-28)9-11-24)26(30-27)34-20-22-6-5-7-23(17-22)31(2)3;1-25(2)16-5-3-4-15(10-16)13-26-19-18(12-23-20(21)24-19)27-17-8-6-14(11-22)7-9-17/h1,5-11,17-18H,12-16,19H2,2-3H3,(H2,28,34);1,5-11,17,19H,12-16,20H2,2-3H3;3-10,12H,13H2,1-2H3. The number of amides is 1. The molecule has 1 amide bonds. The quantitative estimate of drug-likeness (QED) is 0.0465. The summed E-state index contributed by atoms with van der Waals surface area (Å²) >= 11 is 10.4. The van der Waals surface area contributed by atoms with Crippen LogP contribution in [0.15, 0.2) is 194 Å². The average Bonchev–Trinajstić information content (AvgIpc) is 0.842. The molecule has 24 heteroatoms. The zero-order chi connectivity index (χ0) is 69.3. The number of halogens is 1. The summed E-state index contributed by atoms with van der Waals surface area (Å²) in [5.41, 5.74) is 13.5. The van der Waals surface area contributed by atoms with E-state index in [-0.39, 0.29) is 5.28 Å². The van der Waals surface area contributed by atoms with Crippen LogP contribution in [-0.2, 0) is 19.8 Å². The van der Waals surface area contributed by atoms with Gasteiger partial charge in [0.1, 0.15) is 19.8 Å². The molecule has 98 heavy (non-hydrogen) atoms. The highest BCUT2D eigenvalue weighted by atomic mass is 35.5. The summed E-state index contributed by atoms with van der Waals surface area (Å²) in [5, 5.41) is 18.1. The van der Waals surface area contributed by atoms with E-state index in [2.05, 4.69) is 104 Å². The monoisotopic (exact) mass is 1380 g/mol. The highest BCUT2D eigenvalue weighted by molar-refractivity contribution is 8.00. The molecule has 11 rings (SSSR count). The number of carbonyl (C=O) groups excluding carboxylic acids is 1. The van der Waals surface area contributed by atoms with E-state index < -0.39 is 5.91 Å². The number of nitrogens with zero attached hydrogens (tertiary/aromatic N) is 15. The van der Waals surface area contributed by atoms with Gasteiger partial charge in [-0.1, -0.05) is 83.5 Å². The number of nitriles is 2. The molecule has 2 aliphatic rings. The third-order valence-corrected chi connectivity index (χ3v) is 18.5. The van der Waals surface area contributed by atoms with Crippen LogP contribution in [0.2, 0.25) is 5.28 Å². The Labute approximate surface area is 591 Å². The van der Waals surface area contributed by atoms with Crippen molar-refractivity contribution in [2.24, 2.45) is 5.73 Å². The molecule has 0 spiro atoms. The Morgan fingerprint density at radius 3 is 1.16 bits per heavy atom. The number of terminal acetylenes is 2. The molecule has 2 fully saturated rings. The number of piperazine rings is 2. The molecule has 3 aromatic heterocycles. The van der Waals surface area contributed by atoms with Gasteiger partial charge in [0.2, 0.25) is 40.7 Å². The Hall–Kier alpha value is -10.2. The number of benzene rings is 6. The van der Waals surface area contributed by atoms with Crippen molar-refractivity contribution in [1.82, 2.24) is 39.7 Å². The van der Waals surface area contributed by atoms with Gasteiger partial charge in [0, 0.05) is 138 Å². The third-order valence-electron chi connectivity index (χ3n) is 15.2. The van der Waals surface area contributed by atoms with Crippen LogP contribution in [0.1, 0.15) is 38.2 Å². The van der Waals surface area contributed by atoms with E-state index >= 15 is 0 Å². The fraction of sp³-hybridized carbons (Fsp3) is 0.257. The van der Waals surface area contributed by atoms with Gasteiger partial charge in [-0.15, -0.1) is 12.8 Å². The van der Waals surface area contributed by atoms with Crippen molar-refractivity contribution in [3.05, 3.63) is 203 Å². The zero-order valence-electron chi connectivity index (χ0n) is 55.5. The van der Waals surface area contributed by atoms with Crippen LogP contribution in [0.4, 0.5) is 29.0 Å². The lowest BCUT2D eigenvalue weighted by Crippen LogP contribution is -2.47. The predicted molar refractivity (Wildman–Crippen MR) is 391 cm³/mol. The summed E-state index contributed by atoms with van der Waals surface area (Å²) < 4.78 is 18.4. The van der Waals surface area contributed by atoms with E-state index in [0.29, 0.717) is 79.1 Å². The molecule has 20 nitrogen and oxygen atoms in total. The number of aromatic nitrogens is 6. The Balaban J connectivity index is 0.000000174. The number of rotatable bonds is 23. The number of primary amides is 1. The molecule has 500 valence electrons. The molecule has 6 aromatic carbocycles. The van der Waals surface area contributed by atoms with Gasteiger partial charge in [-0.3, -0.25) is 14.6 Å². The second-order valence-corrected chi connectivity index (χ2v) is 26.6. The summed E-state index contributed by atoms with van der Waals surface area (Å²) in [4.78, 5) is 58.9. The van der Waals surface area contributed by atoms with E-state index in [1.165, 1.54) is 35.3 Å². The minimum absolute atomic E-state index is 0.135. The second-order valence-electron chi connectivity index (χ2n) is 22.9. The molecular formula is C74H75ClN16O4S3. The summed E-state index contributed by atoms with van der Waals surface area (Å²) in [6.07, 6.45) is 16.2. The lowest BCUT2D eigenvalue weighted by Gasteiger charge is -2.33. The van der Waals surface area contributed by atoms with E-state index in [1.54, 1.807) is 48.8 Å². The minimum atomic E-state index is -0.453.